The fourth-order valence-corrected chi connectivity index (χ4v) is 5.73. The topological polar surface area (TPSA) is 115 Å². The Bertz CT molecular complexity index is 1720. The lowest BCUT2D eigenvalue weighted by Crippen LogP contribution is -2.53. The molecule has 0 N–H and O–H groups in total. The molecule has 4 aromatic rings. The van der Waals surface area contributed by atoms with Crippen molar-refractivity contribution in [2.75, 3.05) is 62.7 Å². The largest absolute Gasteiger partial charge is 0.351 e. The van der Waals surface area contributed by atoms with E-state index < -0.39 is 11.5 Å². The van der Waals surface area contributed by atoms with Gasteiger partial charge in [-0.2, -0.15) is 15.0 Å². The number of aromatic nitrogens is 6. The summed E-state index contributed by atoms with van der Waals surface area (Å²) in [6, 6.07) is 8.73. The standard InChI is InChI=1S/C31H36FN11O/c1-4-23-16-35-30(36-17-23)40-11-12-41(22(2)19-40)29-25(15-33)13-26(18-34-29)24-5-6-28(27(32)14-24)42-20-37-43(31(42)44)21-39-9-7-38(3)8-10-39/h5-6,13-14,16-18,20,22H,4,7-12,19,21H2,1-3H3/t22-/m0/s1. The summed E-state index contributed by atoms with van der Waals surface area (Å²) < 4.78 is 18.0. The lowest BCUT2D eigenvalue weighted by Gasteiger charge is -2.40. The molecule has 0 aliphatic carbocycles. The van der Waals surface area contributed by atoms with Gasteiger partial charge in [0.15, 0.2) is 0 Å². The molecule has 0 unspecified atom stereocenters. The molecule has 228 valence electrons. The van der Waals surface area contributed by atoms with E-state index >= 15 is 4.39 Å². The SMILES string of the molecule is CCc1cnc(N2CCN(c3ncc(-c4ccc(-n5cnn(CN6CCN(C)CC6)c5=O)c(F)c4)cc3C#N)[C@@H](C)C2)nc1. The van der Waals surface area contributed by atoms with E-state index in [1.54, 1.807) is 24.4 Å². The zero-order valence-corrected chi connectivity index (χ0v) is 25.3. The van der Waals surface area contributed by atoms with Gasteiger partial charge in [-0.25, -0.2) is 28.7 Å². The summed E-state index contributed by atoms with van der Waals surface area (Å²) >= 11 is 0. The van der Waals surface area contributed by atoms with Crippen LogP contribution in [-0.4, -0.2) is 98.0 Å². The maximum Gasteiger partial charge on any atom is 0.351 e. The van der Waals surface area contributed by atoms with Crippen LogP contribution < -0.4 is 15.5 Å². The van der Waals surface area contributed by atoms with Crippen molar-refractivity contribution in [2.24, 2.45) is 0 Å². The predicted molar refractivity (Wildman–Crippen MR) is 165 cm³/mol. The van der Waals surface area contributed by atoms with E-state index in [2.05, 4.69) is 66.6 Å². The zero-order chi connectivity index (χ0) is 30.8. The van der Waals surface area contributed by atoms with Gasteiger partial charge in [0, 0.05) is 76.0 Å². The van der Waals surface area contributed by atoms with Gasteiger partial charge in [-0.15, -0.1) is 0 Å². The van der Waals surface area contributed by atoms with Crippen LogP contribution in [0.15, 0.2) is 54.0 Å². The number of nitrogens with zero attached hydrogens (tertiary/aromatic N) is 11. The number of piperazine rings is 2. The molecule has 0 bridgehead atoms. The van der Waals surface area contributed by atoms with Crippen LogP contribution in [0.2, 0.25) is 0 Å². The minimum atomic E-state index is -0.565. The number of aryl methyl sites for hydroxylation is 1. The maximum absolute atomic E-state index is 15.4. The van der Waals surface area contributed by atoms with Crippen LogP contribution in [0, 0.1) is 17.1 Å². The van der Waals surface area contributed by atoms with E-state index in [0.29, 0.717) is 54.8 Å². The molecule has 0 amide bonds. The number of hydrogen-bond acceptors (Lipinski definition) is 10. The van der Waals surface area contributed by atoms with E-state index in [-0.39, 0.29) is 11.7 Å². The minimum absolute atomic E-state index is 0.0656. The van der Waals surface area contributed by atoms with Crippen LogP contribution in [0.3, 0.4) is 0 Å². The van der Waals surface area contributed by atoms with Crippen molar-refractivity contribution in [2.45, 2.75) is 33.0 Å². The lowest BCUT2D eigenvalue weighted by atomic mass is 10.0. The predicted octanol–water partition coefficient (Wildman–Crippen LogP) is 2.38. The summed E-state index contributed by atoms with van der Waals surface area (Å²) in [6.07, 6.45) is 7.64. The number of halogens is 1. The molecule has 5 heterocycles. The number of likely N-dealkylation sites (N-methyl/N-ethyl adjacent to an activating group) is 1. The lowest BCUT2D eigenvalue weighted by molar-refractivity contribution is 0.118. The van der Waals surface area contributed by atoms with E-state index in [9.17, 15) is 10.1 Å². The fraction of sp³-hybridized carbons (Fsp3) is 0.419. The Hall–Kier alpha value is -4.67. The number of hydrogen-bond donors (Lipinski definition) is 0. The third-order valence-corrected chi connectivity index (χ3v) is 8.47. The second-order valence-corrected chi connectivity index (χ2v) is 11.5. The first-order valence-electron chi connectivity index (χ1n) is 14.9. The Labute approximate surface area is 255 Å². The quantitative estimate of drug-likeness (QED) is 0.315. The van der Waals surface area contributed by atoms with Crippen molar-refractivity contribution in [1.29, 1.82) is 5.26 Å². The molecule has 1 aromatic carbocycles. The summed E-state index contributed by atoms with van der Waals surface area (Å²) in [5.41, 5.74) is 2.41. The Morgan fingerprint density at radius 3 is 2.45 bits per heavy atom. The molecule has 6 rings (SSSR count). The molecule has 44 heavy (non-hydrogen) atoms. The van der Waals surface area contributed by atoms with Crippen molar-refractivity contribution in [3.05, 3.63) is 76.6 Å². The number of benzene rings is 1. The monoisotopic (exact) mass is 597 g/mol. The van der Waals surface area contributed by atoms with Gasteiger partial charge in [0.2, 0.25) is 5.95 Å². The van der Waals surface area contributed by atoms with E-state index in [0.717, 1.165) is 38.2 Å². The molecule has 12 nitrogen and oxygen atoms in total. The highest BCUT2D eigenvalue weighted by molar-refractivity contribution is 5.69. The van der Waals surface area contributed by atoms with Gasteiger partial charge < -0.3 is 14.7 Å². The van der Waals surface area contributed by atoms with Crippen molar-refractivity contribution in [3.63, 3.8) is 0 Å². The molecular weight excluding hydrogens is 561 g/mol. The Morgan fingerprint density at radius 2 is 1.77 bits per heavy atom. The first kappa shape index (κ1) is 29.4. The number of anilines is 2. The molecule has 13 heteroatoms. The van der Waals surface area contributed by atoms with E-state index in [1.165, 1.54) is 21.6 Å². The summed E-state index contributed by atoms with van der Waals surface area (Å²) in [5.74, 6) is 0.736. The highest BCUT2D eigenvalue weighted by Crippen LogP contribution is 2.29. The highest BCUT2D eigenvalue weighted by Gasteiger charge is 2.28. The molecule has 2 fully saturated rings. The number of rotatable bonds is 7. The van der Waals surface area contributed by atoms with Gasteiger partial charge in [-0.1, -0.05) is 13.0 Å². The van der Waals surface area contributed by atoms with Crippen molar-refractivity contribution in [3.8, 4) is 22.9 Å². The molecule has 0 radical (unpaired) electrons. The van der Waals surface area contributed by atoms with Crippen LogP contribution in [-0.2, 0) is 13.1 Å². The normalized spacial score (nSPS) is 18.0. The van der Waals surface area contributed by atoms with Crippen LogP contribution in [0.1, 0.15) is 25.0 Å². The number of pyridine rings is 1. The molecule has 2 aliphatic heterocycles. The van der Waals surface area contributed by atoms with Gasteiger partial charge in [-0.3, -0.25) is 4.90 Å². The van der Waals surface area contributed by atoms with Crippen LogP contribution in [0.25, 0.3) is 16.8 Å². The van der Waals surface area contributed by atoms with Gasteiger partial charge in [0.05, 0.1) is 17.9 Å². The Balaban J connectivity index is 1.17. The van der Waals surface area contributed by atoms with Gasteiger partial charge >= 0.3 is 5.69 Å². The van der Waals surface area contributed by atoms with E-state index in [1.807, 2.05) is 12.4 Å². The summed E-state index contributed by atoms with van der Waals surface area (Å²) in [5, 5.41) is 14.2. The summed E-state index contributed by atoms with van der Waals surface area (Å²) in [4.78, 5) is 35.4. The Morgan fingerprint density at radius 1 is 1.00 bits per heavy atom. The van der Waals surface area contributed by atoms with Crippen molar-refractivity contribution < 1.29 is 4.39 Å². The first-order chi connectivity index (χ1) is 21.3. The minimum Gasteiger partial charge on any atom is -0.349 e. The van der Waals surface area contributed by atoms with Gasteiger partial charge in [0.1, 0.15) is 24.0 Å². The molecule has 0 saturated carbocycles. The summed E-state index contributed by atoms with van der Waals surface area (Å²) in [7, 11) is 2.07. The maximum atomic E-state index is 15.4. The fourth-order valence-electron chi connectivity index (χ4n) is 5.73. The zero-order valence-electron chi connectivity index (χ0n) is 25.3. The third kappa shape index (κ3) is 5.91. The Kier molecular flexibility index (Phi) is 8.36. The highest BCUT2D eigenvalue weighted by atomic mass is 19.1. The molecule has 1 atom stereocenters. The molecule has 3 aromatic heterocycles. The molecule has 2 aliphatic rings. The van der Waals surface area contributed by atoms with Crippen LogP contribution in [0.4, 0.5) is 16.2 Å². The average Bonchev–Trinajstić information content (AvgIpc) is 3.40. The molecular formula is C31H36FN11O. The van der Waals surface area contributed by atoms with Crippen LogP contribution in [0.5, 0.6) is 0 Å². The van der Waals surface area contributed by atoms with E-state index in [4.69, 9.17) is 0 Å². The van der Waals surface area contributed by atoms with Gasteiger partial charge in [0.25, 0.3) is 0 Å². The smallest absolute Gasteiger partial charge is 0.349 e. The van der Waals surface area contributed by atoms with Crippen molar-refractivity contribution in [1.82, 2.24) is 39.1 Å². The summed E-state index contributed by atoms with van der Waals surface area (Å²) in [6.45, 7) is 10.1. The second kappa shape index (κ2) is 12.5. The van der Waals surface area contributed by atoms with Gasteiger partial charge in [-0.05, 0) is 49.7 Å². The third-order valence-electron chi connectivity index (χ3n) is 8.47. The van der Waals surface area contributed by atoms with Crippen LogP contribution >= 0.6 is 0 Å². The average molecular weight is 598 g/mol. The first-order valence-corrected chi connectivity index (χ1v) is 14.9. The second-order valence-electron chi connectivity index (χ2n) is 11.5. The molecule has 2 saturated heterocycles. The molecule has 0 spiro atoms. The number of nitriles is 1. The van der Waals surface area contributed by atoms with Crippen molar-refractivity contribution >= 4 is 11.8 Å².